The molecule has 0 bridgehead atoms. The van der Waals surface area contributed by atoms with E-state index in [0.29, 0.717) is 12.1 Å². The van der Waals surface area contributed by atoms with Crippen molar-refractivity contribution in [3.63, 3.8) is 0 Å². The Morgan fingerprint density at radius 3 is 2.83 bits per heavy atom. The highest BCUT2D eigenvalue weighted by Gasteiger charge is 2.20. The summed E-state index contributed by atoms with van der Waals surface area (Å²) < 4.78 is 0. The lowest BCUT2D eigenvalue weighted by molar-refractivity contribution is -0.118. The fourth-order valence-corrected chi connectivity index (χ4v) is 1.84. The molecule has 0 spiro atoms. The molecule has 1 aliphatic rings. The average Bonchev–Trinajstić information content (AvgIpc) is 2.67. The van der Waals surface area contributed by atoms with E-state index in [9.17, 15) is 9.59 Å². The Labute approximate surface area is 106 Å². The van der Waals surface area contributed by atoms with Crippen LogP contribution in [0.3, 0.4) is 0 Å². The van der Waals surface area contributed by atoms with Crippen LogP contribution in [0.1, 0.15) is 19.4 Å². The minimum absolute atomic E-state index is 0.0210. The number of anilines is 2. The number of carbonyl (C=O) groups is 2. The highest BCUT2D eigenvalue weighted by molar-refractivity contribution is 6.00. The van der Waals surface area contributed by atoms with Crippen LogP contribution in [0.2, 0.25) is 0 Å². The Balaban J connectivity index is 2.10. The molecule has 0 aromatic heterocycles. The third-order valence-electron chi connectivity index (χ3n) is 3.02. The summed E-state index contributed by atoms with van der Waals surface area (Å²) in [5.41, 5.74) is 8.15. The lowest BCUT2D eigenvalue weighted by Crippen LogP contribution is -2.39. The molecule has 5 nitrogen and oxygen atoms in total. The van der Waals surface area contributed by atoms with Gasteiger partial charge in [-0.3, -0.25) is 9.59 Å². The SMILES string of the molecule is CC(C)[C@@H](N)C(=O)Nc1ccc2c(c1)CC(=O)N2. The van der Waals surface area contributed by atoms with Gasteiger partial charge >= 0.3 is 0 Å². The van der Waals surface area contributed by atoms with Crippen molar-refractivity contribution in [1.29, 1.82) is 0 Å². The van der Waals surface area contributed by atoms with Crippen LogP contribution in [0.4, 0.5) is 11.4 Å². The van der Waals surface area contributed by atoms with Crippen LogP contribution in [0.25, 0.3) is 0 Å². The number of nitrogens with two attached hydrogens (primary N) is 1. The third kappa shape index (κ3) is 2.51. The fourth-order valence-electron chi connectivity index (χ4n) is 1.84. The zero-order chi connectivity index (χ0) is 13.3. The van der Waals surface area contributed by atoms with E-state index in [0.717, 1.165) is 11.3 Å². The van der Waals surface area contributed by atoms with Crippen molar-refractivity contribution in [3.8, 4) is 0 Å². The van der Waals surface area contributed by atoms with Gasteiger partial charge in [0.25, 0.3) is 0 Å². The second-order valence-electron chi connectivity index (χ2n) is 4.86. The van der Waals surface area contributed by atoms with Crippen molar-refractivity contribution < 1.29 is 9.59 Å². The summed E-state index contributed by atoms with van der Waals surface area (Å²) in [6.45, 7) is 3.80. The summed E-state index contributed by atoms with van der Waals surface area (Å²) >= 11 is 0. The van der Waals surface area contributed by atoms with E-state index in [1.165, 1.54) is 0 Å². The molecule has 0 radical (unpaired) electrons. The number of nitrogens with one attached hydrogen (secondary N) is 2. The maximum absolute atomic E-state index is 11.8. The Morgan fingerprint density at radius 2 is 2.17 bits per heavy atom. The first-order valence-corrected chi connectivity index (χ1v) is 5.96. The molecule has 5 heteroatoms. The normalized spacial score (nSPS) is 15.2. The second-order valence-corrected chi connectivity index (χ2v) is 4.86. The molecule has 4 N–H and O–H groups in total. The maximum Gasteiger partial charge on any atom is 0.241 e. The van der Waals surface area contributed by atoms with Crippen LogP contribution in [0, 0.1) is 5.92 Å². The molecule has 1 aromatic carbocycles. The second kappa shape index (κ2) is 4.78. The van der Waals surface area contributed by atoms with Gasteiger partial charge in [0.05, 0.1) is 12.5 Å². The molecule has 1 aliphatic heterocycles. The standard InChI is InChI=1S/C13H17N3O2/c1-7(2)12(14)13(18)15-9-3-4-10-8(5-9)6-11(17)16-10/h3-5,7,12H,6,14H2,1-2H3,(H,15,18)(H,16,17)/t12-/m1/s1. The van der Waals surface area contributed by atoms with Crippen LogP contribution >= 0.6 is 0 Å². The van der Waals surface area contributed by atoms with Crippen molar-refractivity contribution >= 4 is 23.2 Å². The van der Waals surface area contributed by atoms with Gasteiger partial charge in [0.2, 0.25) is 11.8 Å². The summed E-state index contributed by atoms with van der Waals surface area (Å²) in [5.74, 6) is -0.141. The number of amides is 2. The fraction of sp³-hybridized carbons (Fsp3) is 0.385. The molecule has 96 valence electrons. The van der Waals surface area contributed by atoms with Gasteiger partial charge in [-0.05, 0) is 29.7 Å². The third-order valence-corrected chi connectivity index (χ3v) is 3.02. The molecule has 2 amide bonds. The van der Waals surface area contributed by atoms with E-state index < -0.39 is 6.04 Å². The van der Waals surface area contributed by atoms with Crippen LogP contribution in [0.5, 0.6) is 0 Å². The highest BCUT2D eigenvalue weighted by atomic mass is 16.2. The molecule has 0 saturated carbocycles. The molecule has 18 heavy (non-hydrogen) atoms. The quantitative estimate of drug-likeness (QED) is 0.748. The van der Waals surface area contributed by atoms with Gasteiger partial charge < -0.3 is 16.4 Å². The van der Waals surface area contributed by atoms with Gasteiger partial charge in [-0.25, -0.2) is 0 Å². The summed E-state index contributed by atoms with van der Waals surface area (Å²) in [5, 5.41) is 5.51. The minimum Gasteiger partial charge on any atom is -0.326 e. The van der Waals surface area contributed by atoms with E-state index in [2.05, 4.69) is 10.6 Å². The molecule has 2 rings (SSSR count). The zero-order valence-corrected chi connectivity index (χ0v) is 10.5. The smallest absolute Gasteiger partial charge is 0.241 e. The number of hydrogen-bond donors (Lipinski definition) is 3. The Kier molecular flexibility index (Phi) is 3.34. The number of hydrogen-bond acceptors (Lipinski definition) is 3. The first-order chi connectivity index (χ1) is 8.47. The van der Waals surface area contributed by atoms with E-state index in [1.54, 1.807) is 18.2 Å². The Hall–Kier alpha value is -1.88. The first kappa shape index (κ1) is 12.6. The maximum atomic E-state index is 11.8. The monoisotopic (exact) mass is 247 g/mol. The Bertz CT molecular complexity index is 497. The largest absolute Gasteiger partial charge is 0.326 e. The minimum atomic E-state index is -0.530. The van der Waals surface area contributed by atoms with Gasteiger partial charge in [-0.1, -0.05) is 13.8 Å². The number of benzene rings is 1. The van der Waals surface area contributed by atoms with Crippen LogP contribution in [-0.4, -0.2) is 17.9 Å². The van der Waals surface area contributed by atoms with Crippen molar-refractivity contribution in [3.05, 3.63) is 23.8 Å². The lowest BCUT2D eigenvalue weighted by atomic mass is 10.0. The van der Waals surface area contributed by atoms with Gasteiger partial charge in [0.15, 0.2) is 0 Å². The topological polar surface area (TPSA) is 84.2 Å². The van der Waals surface area contributed by atoms with Gasteiger partial charge in [-0.15, -0.1) is 0 Å². The van der Waals surface area contributed by atoms with Crippen molar-refractivity contribution in [2.45, 2.75) is 26.3 Å². The predicted octanol–water partition coefficient (Wildman–Crippen LogP) is 1.10. The molecular weight excluding hydrogens is 230 g/mol. The molecule has 0 aliphatic carbocycles. The van der Waals surface area contributed by atoms with Crippen LogP contribution < -0.4 is 16.4 Å². The average molecular weight is 247 g/mol. The van der Waals surface area contributed by atoms with Gasteiger partial charge in [0, 0.05) is 11.4 Å². The van der Waals surface area contributed by atoms with Crippen molar-refractivity contribution in [2.75, 3.05) is 10.6 Å². The number of carbonyl (C=O) groups excluding carboxylic acids is 2. The molecule has 0 fully saturated rings. The lowest BCUT2D eigenvalue weighted by Gasteiger charge is -2.15. The molecule has 1 aromatic rings. The summed E-state index contributed by atoms with van der Waals surface area (Å²) in [6, 6.07) is 4.82. The van der Waals surface area contributed by atoms with Crippen LogP contribution in [-0.2, 0) is 16.0 Å². The number of fused-ring (bicyclic) bond motifs is 1. The molecule has 0 unspecified atom stereocenters. The summed E-state index contributed by atoms with van der Waals surface area (Å²) in [6.07, 6.45) is 0.356. The van der Waals surface area contributed by atoms with Crippen molar-refractivity contribution in [2.24, 2.45) is 11.7 Å². The first-order valence-electron chi connectivity index (χ1n) is 5.96. The molecule has 1 atom stereocenters. The molecule has 0 saturated heterocycles. The predicted molar refractivity (Wildman–Crippen MR) is 70.2 cm³/mol. The van der Waals surface area contributed by atoms with E-state index in [1.807, 2.05) is 13.8 Å². The summed E-state index contributed by atoms with van der Waals surface area (Å²) in [7, 11) is 0. The van der Waals surface area contributed by atoms with E-state index in [-0.39, 0.29) is 17.7 Å². The van der Waals surface area contributed by atoms with E-state index >= 15 is 0 Å². The highest BCUT2D eigenvalue weighted by Crippen LogP contribution is 2.26. The van der Waals surface area contributed by atoms with Gasteiger partial charge in [-0.2, -0.15) is 0 Å². The van der Waals surface area contributed by atoms with Crippen LogP contribution in [0.15, 0.2) is 18.2 Å². The summed E-state index contributed by atoms with van der Waals surface area (Å²) in [4.78, 5) is 23.0. The zero-order valence-electron chi connectivity index (χ0n) is 10.5. The van der Waals surface area contributed by atoms with Gasteiger partial charge in [0.1, 0.15) is 0 Å². The van der Waals surface area contributed by atoms with Crippen molar-refractivity contribution in [1.82, 2.24) is 0 Å². The molecular formula is C13H17N3O2. The van der Waals surface area contributed by atoms with E-state index in [4.69, 9.17) is 5.73 Å². The molecule has 1 heterocycles. The Morgan fingerprint density at radius 1 is 1.44 bits per heavy atom. The number of rotatable bonds is 3.